The fraction of sp³-hybridized carbons (Fsp3) is 0.320. The van der Waals surface area contributed by atoms with E-state index in [1.165, 1.54) is 4.68 Å². The molecule has 9 heteroatoms. The number of methoxy groups -OCH3 is 3. The van der Waals surface area contributed by atoms with Crippen molar-refractivity contribution in [1.82, 2.24) is 14.7 Å². The Labute approximate surface area is 196 Å². The van der Waals surface area contributed by atoms with Crippen molar-refractivity contribution in [2.75, 3.05) is 34.4 Å². The van der Waals surface area contributed by atoms with Crippen molar-refractivity contribution >= 4 is 22.3 Å². The Hall–Kier alpha value is -4.01. The third-order valence-electron chi connectivity index (χ3n) is 6.03. The van der Waals surface area contributed by atoms with Gasteiger partial charge < -0.3 is 19.1 Å². The van der Waals surface area contributed by atoms with Gasteiger partial charge in [-0.05, 0) is 24.1 Å². The molecule has 2 heterocycles. The Bertz CT molecular complexity index is 1350. The molecule has 0 fully saturated rings. The number of nitrogens with zero attached hydrogens (tertiary/aromatic N) is 2. The van der Waals surface area contributed by atoms with Crippen LogP contribution in [0.3, 0.4) is 0 Å². The molecule has 178 valence electrons. The van der Waals surface area contributed by atoms with Crippen molar-refractivity contribution in [1.29, 1.82) is 0 Å². The van der Waals surface area contributed by atoms with Gasteiger partial charge in [0.05, 0.1) is 44.2 Å². The largest absolute Gasteiger partial charge is 0.496 e. The van der Waals surface area contributed by atoms with Gasteiger partial charge in [0.1, 0.15) is 17.2 Å². The van der Waals surface area contributed by atoms with Crippen molar-refractivity contribution in [3.05, 3.63) is 68.7 Å². The lowest BCUT2D eigenvalue weighted by Gasteiger charge is -2.28. The van der Waals surface area contributed by atoms with Gasteiger partial charge in [-0.2, -0.15) is 0 Å². The first-order chi connectivity index (χ1) is 16.5. The highest BCUT2D eigenvalue weighted by atomic mass is 16.5. The third kappa shape index (κ3) is 4.41. The molecule has 0 unspecified atom stereocenters. The first-order valence-corrected chi connectivity index (χ1v) is 11.0. The molecule has 34 heavy (non-hydrogen) atoms. The highest BCUT2D eigenvalue weighted by Gasteiger charge is 2.23. The summed E-state index contributed by atoms with van der Waals surface area (Å²) in [7, 11) is 4.77. The second-order valence-corrected chi connectivity index (χ2v) is 7.92. The lowest BCUT2D eigenvalue weighted by molar-refractivity contribution is -0.131. The second-order valence-electron chi connectivity index (χ2n) is 7.92. The van der Waals surface area contributed by atoms with E-state index < -0.39 is 0 Å². The molecule has 0 bridgehead atoms. The standard InChI is InChI=1S/C25H27N3O6/c1-32-17-14-20(33-2)23(21(15-17)34-3)16-8-11-27(12-9-16)22(29)10-13-28-25(31)19-7-5-4-6-18(19)24(30)26-28/h4-8,14-15H,9-13H2,1-3H3,(H,26,30). The number of H-pyrrole nitrogens is 1. The number of hydrogen-bond acceptors (Lipinski definition) is 6. The maximum absolute atomic E-state index is 12.8. The molecule has 0 saturated carbocycles. The summed E-state index contributed by atoms with van der Waals surface area (Å²) in [5, 5.41) is 3.25. The molecule has 1 aromatic heterocycles. The van der Waals surface area contributed by atoms with Gasteiger partial charge >= 0.3 is 0 Å². The van der Waals surface area contributed by atoms with Gasteiger partial charge in [-0.15, -0.1) is 0 Å². The molecule has 0 spiro atoms. The fourth-order valence-corrected chi connectivity index (χ4v) is 4.21. The Morgan fingerprint density at radius 2 is 1.68 bits per heavy atom. The van der Waals surface area contributed by atoms with Crippen molar-refractivity contribution in [3.63, 3.8) is 0 Å². The van der Waals surface area contributed by atoms with Gasteiger partial charge in [-0.25, -0.2) is 4.68 Å². The van der Waals surface area contributed by atoms with E-state index in [4.69, 9.17) is 14.2 Å². The number of nitrogens with one attached hydrogen (secondary N) is 1. The van der Waals surface area contributed by atoms with Crippen LogP contribution in [0.2, 0.25) is 0 Å². The number of ether oxygens (including phenoxy) is 3. The number of benzene rings is 2. The van der Waals surface area contributed by atoms with Crippen LogP contribution in [0.25, 0.3) is 16.3 Å². The minimum absolute atomic E-state index is 0.0927. The maximum atomic E-state index is 12.8. The van der Waals surface area contributed by atoms with Gasteiger partial charge in [0.15, 0.2) is 0 Å². The molecule has 0 radical (unpaired) electrons. The molecule has 9 nitrogen and oxygen atoms in total. The summed E-state index contributed by atoms with van der Waals surface area (Å²) in [6.45, 7) is 1.05. The first-order valence-electron chi connectivity index (χ1n) is 11.0. The average Bonchev–Trinajstić information content (AvgIpc) is 2.89. The number of carbonyl (C=O) groups excluding carboxylic acids is 1. The van der Waals surface area contributed by atoms with Crippen LogP contribution in [-0.2, 0) is 11.3 Å². The summed E-state index contributed by atoms with van der Waals surface area (Å²) in [6, 6.07) is 10.2. The van der Waals surface area contributed by atoms with Crippen LogP contribution in [0, 0.1) is 0 Å². The predicted molar refractivity (Wildman–Crippen MR) is 129 cm³/mol. The van der Waals surface area contributed by atoms with Gasteiger partial charge in [-0.1, -0.05) is 18.2 Å². The van der Waals surface area contributed by atoms with E-state index in [-0.39, 0.29) is 30.0 Å². The number of amides is 1. The Kier molecular flexibility index (Phi) is 6.72. The summed E-state index contributed by atoms with van der Waals surface area (Å²) in [6.07, 6.45) is 2.71. The zero-order valence-corrected chi connectivity index (χ0v) is 19.4. The van der Waals surface area contributed by atoms with Crippen LogP contribution in [0.15, 0.2) is 52.1 Å². The van der Waals surface area contributed by atoms with Gasteiger partial charge in [-0.3, -0.25) is 19.5 Å². The van der Waals surface area contributed by atoms with Crippen LogP contribution in [0.4, 0.5) is 0 Å². The van der Waals surface area contributed by atoms with Crippen LogP contribution in [0.5, 0.6) is 17.2 Å². The molecule has 2 aromatic carbocycles. The van der Waals surface area contributed by atoms with Gasteiger partial charge in [0, 0.05) is 31.6 Å². The van der Waals surface area contributed by atoms with E-state index in [9.17, 15) is 14.4 Å². The highest BCUT2D eigenvalue weighted by Crippen LogP contribution is 2.40. The molecule has 1 aliphatic rings. The Balaban J connectivity index is 1.48. The Morgan fingerprint density at radius 1 is 1.00 bits per heavy atom. The van der Waals surface area contributed by atoms with Crippen LogP contribution in [-0.4, -0.2) is 55.0 Å². The first kappa shape index (κ1) is 23.2. The lowest BCUT2D eigenvalue weighted by atomic mass is 9.97. The highest BCUT2D eigenvalue weighted by molar-refractivity contribution is 5.82. The predicted octanol–water partition coefficient (Wildman–Crippen LogP) is 2.42. The molecule has 0 saturated heterocycles. The molecule has 1 amide bonds. The number of hydrogen-bond donors (Lipinski definition) is 1. The van der Waals surface area contributed by atoms with E-state index in [0.717, 1.165) is 11.1 Å². The van der Waals surface area contributed by atoms with Crippen LogP contribution < -0.4 is 25.3 Å². The number of aryl methyl sites for hydroxylation is 1. The SMILES string of the molecule is COc1cc(OC)c(C2=CCN(C(=O)CCn3[nH]c(=O)c4ccccc4c3=O)CC2)c(OC)c1. The number of aromatic nitrogens is 2. The summed E-state index contributed by atoms with van der Waals surface area (Å²) >= 11 is 0. The van der Waals surface area contributed by atoms with Crippen molar-refractivity contribution in [3.8, 4) is 17.2 Å². The van der Waals surface area contributed by atoms with E-state index in [1.807, 2.05) is 6.08 Å². The molecule has 1 aliphatic heterocycles. The number of rotatable bonds is 7. The summed E-state index contributed by atoms with van der Waals surface area (Å²) in [4.78, 5) is 39.5. The topological polar surface area (TPSA) is 103 Å². The minimum atomic E-state index is -0.351. The molecule has 0 aliphatic carbocycles. The summed E-state index contributed by atoms with van der Waals surface area (Å²) < 4.78 is 17.6. The number of carbonyl (C=O) groups is 1. The lowest BCUT2D eigenvalue weighted by Crippen LogP contribution is -2.37. The van der Waals surface area contributed by atoms with E-state index in [2.05, 4.69) is 5.10 Å². The quantitative estimate of drug-likeness (QED) is 0.575. The maximum Gasteiger partial charge on any atom is 0.273 e. The minimum Gasteiger partial charge on any atom is -0.496 e. The zero-order valence-electron chi connectivity index (χ0n) is 19.4. The van der Waals surface area contributed by atoms with E-state index >= 15 is 0 Å². The molecule has 0 atom stereocenters. The van der Waals surface area contributed by atoms with E-state index in [1.54, 1.807) is 62.6 Å². The molecular weight excluding hydrogens is 438 g/mol. The van der Waals surface area contributed by atoms with Crippen LogP contribution >= 0.6 is 0 Å². The van der Waals surface area contributed by atoms with Crippen molar-refractivity contribution in [2.24, 2.45) is 0 Å². The van der Waals surface area contributed by atoms with Gasteiger partial charge in [0.25, 0.3) is 11.1 Å². The van der Waals surface area contributed by atoms with Gasteiger partial charge in [0.2, 0.25) is 5.91 Å². The fourth-order valence-electron chi connectivity index (χ4n) is 4.21. The molecule has 3 aromatic rings. The normalized spacial score (nSPS) is 13.5. The number of fused-ring (bicyclic) bond motifs is 1. The van der Waals surface area contributed by atoms with Crippen molar-refractivity contribution < 1.29 is 19.0 Å². The van der Waals surface area contributed by atoms with E-state index in [0.29, 0.717) is 47.5 Å². The molecule has 4 rings (SSSR count). The van der Waals surface area contributed by atoms with Crippen LogP contribution in [0.1, 0.15) is 18.4 Å². The average molecular weight is 466 g/mol. The molecule has 1 N–H and O–H groups in total. The molecular formula is C25H27N3O6. The number of aromatic amines is 1. The zero-order chi connectivity index (χ0) is 24.2. The van der Waals surface area contributed by atoms with Crippen molar-refractivity contribution in [2.45, 2.75) is 19.4 Å². The Morgan fingerprint density at radius 3 is 2.26 bits per heavy atom. The second kappa shape index (κ2) is 9.86. The third-order valence-corrected chi connectivity index (χ3v) is 6.03. The monoisotopic (exact) mass is 465 g/mol. The smallest absolute Gasteiger partial charge is 0.273 e. The summed E-state index contributed by atoms with van der Waals surface area (Å²) in [5.41, 5.74) is 1.20. The summed E-state index contributed by atoms with van der Waals surface area (Å²) in [5.74, 6) is 1.82.